The molecule has 6 heteroatoms. The molecule has 3 aromatic rings. The van der Waals surface area contributed by atoms with Crippen molar-refractivity contribution in [2.24, 2.45) is 0 Å². The number of nitrogens with one attached hydrogen (secondary N) is 1. The van der Waals surface area contributed by atoms with Crippen LogP contribution in [0.4, 0.5) is 10.1 Å². The third kappa shape index (κ3) is 3.23. The minimum atomic E-state index is -0.332. The highest BCUT2D eigenvalue weighted by Crippen LogP contribution is 2.17. The van der Waals surface area contributed by atoms with E-state index in [0.717, 1.165) is 5.13 Å². The molecule has 0 radical (unpaired) electrons. The second-order valence-corrected chi connectivity index (χ2v) is 5.74. The Morgan fingerprint density at radius 3 is 2.86 bits per heavy atom. The van der Waals surface area contributed by atoms with Crippen molar-refractivity contribution in [3.8, 4) is 5.13 Å². The summed E-state index contributed by atoms with van der Waals surface area (Å²) in [7, 11) is 0. The van der Waals surface area contributed by atoms with Crippen LogP contribution in [-0.4, -0.2) is 15.5 Å². The molecule has 1 N–H and O–H groups in total. The number of carbonyl (C=O) groups excluding carboxylic acids is 1. The first-order valence-corrected chi connectivity index (χ1v) is 7.63. The Labute approximate surface area is 131 Å². The van der Waals surface area contributed by atoms with Crippen molar-refractivity contribution in [3.63, 3.8) is 0 Å². The zero-order valence-corrected chi connectivity index (χ0v) is 12.7. The van der Waals surface area contributed by atoms with Crippen molar-refractivity contribution in [2.75, 3.05) is 5.32 Å². The smallest absolute Gasteiger partial charge is 0.230 e. The van der Waals surface area contributed by atoms with Gasteiger partial charge in [-0.15, -0.1) is 11.3 Å². The Kier molecular flexibility index (Phi) is 4.02. The van der Waals surface area contributed by atoms with Crippen molar-refractivity contribution in [1.82, 2.24) is 9.55 Å². The van der Waals surface area contributed by atoms with Gasteiger partial charge in [0.2, 0.25) is 5.91 Å². The monoisotopic (exact) mass is 315 g/mol. The number of hydrogen-bond donors (Lipinski definition) is 1. The van der Waals surface area contributed by atoms with Gasteiger partial charge in [0.15, 0.2) is 5.13 Å². The van der Waals surface area contributed by atoms with Gasteiger partial charge in [-0.3, -0.25) is 4.79 Å². The number of benzene rings is 1. The van der Waals surface area contributed by atoms with Crippen LogP contribution in [0.25, 0.3) is 5.13 Å². The van der Waals surface area contributed by atoms with Gasteiger partial charge in [-0.25, -0.2) is 9.37 Å². The number of carbonyl (C=O) groups is 1. The fourth-order valence-electron chi connectivity index (χ4n) is 2.00. The van der Waals surface area contributed by atoms with Crippen LogP contribution in [0, 0.1) is 12.7 Å². The number of aryl methyl sites for hydroxylation is 1. The Balaban J connectivity index is 1.65. The van der Waals surface area contributed by atoms with E-state index in [1.807, 2.05) is 34.5 Å². The largest absolute Gasteiger partial charge is 0.326 e. The fraction of sp³-hybridized carbons (Fsp3) is 0.125. The third-order valence-corrected chi connectivity index (χ3v) is 4.07. The number of amides is 1. The molecule has 0 bridgehead atoms. The molecular formula is C16H14FN3OS. The van der Waals surface area contributed by atoms with Crippen LogP contribution >= 0.6 is 11.3 Å². The number of thiazole rings is 1. The maximum atomic E-state index is 13.5. The van der Waals surface area contributed by atoms with Crippen LogP contribution in [-0.2, 0) is 11.2 Å². The molecule has 0 aliphatic carbocycles. The second-order valence-electron chi connectivity index (χ2n) is 4.90. The molecule has 0 aliphatic heterocycles. The average Bonchev–Trinajstić information content (AvgIpc) is 3.13. The van der Waals surface area contributed by atoms with E-state index in [0.29, 0.717) is 16.9 Å². The first-order valence-electron chi connectivity index (χ1n) is 6.75. The Hall–Kier alpha value is -2.47. The predicted molar refractivity (Wildman–Crippen MR) is 84.9 cm³/mol. The molecule has 3 rings (SSSR count). The van der Waals surface area contributed by atoms with Gasteiger partial charge in [-0.05, 0) is 36.8 Å². The van der Waals surface area contributed by atoms with Crippen molar-refractivity contribution in [1.29, 1.82) is 0 Å². The zero-order valence-electron chi connectivity index (χ0n) is 11.9. The summed E-state index contributed by atoms with van der Waals surface area (Å²) in [5.41, 5.74) is 1.70. The highest BCUT2D eigenvalue weighted by Gasteiger charge is 2.09. The molecule has 0 fully saturated rings. The number of rotatable bonds is 4. The normalized spacial score (nSPS) is 10.6. The van der Waals surface area contributed by atoms with E-state index >= 15 is 0 Å². The van der Waals surface area contributed by atoms with Gasteiger partial charge in [0.05, 0.1) is 12.1 Å². The average molecular weight is 315 g/mol. The maximum Gasteiger partial charge on any atom is 0.230 e. The molecule has 0 unspecified atom stereocenters. The van der Waals surface area contributed by atoms with E-state index in [2.05, 4.69) is 10.3 Å². The first kappa shape index (κ1) is 14.5. The number of halogens is 1. The van der Waals surface area contributed by atoms with E-state index in [4.69, 9.17) is 0 Å². The molecule has 2 heterocycles. The first-order chi connectivity index (χ1) is 10.6. The highest BCUT2D eigenvalue weighted by molar-refractivity contribution is 7.12. The van der Waals surface area contributed by atoms with Gasteiger partial charge in [0, 0.05) is 23.5 Å². The minimum Gasteiger partial charge on any atom is -0.326 e. The van der Waals surface area contributed by atoms with Gasteiger partial charge in [-0.2, -0.15) is 0 Å². The van der Waals surface area contributed by atoms with Crippen molar-refractivity contribution in [2.45, 2.75) is 13.3 Å². The standard InChI is InChI=1S/C16H14FN3OS/c1-11-4-5-12(8-14(11)17)18-15(21)9-13-10-22-16(19-13)20-6-2-3-7-20/h2-8,10H,9H2,1H3,(H,18,21). The SMILES string of the molecule is Cc1ccc(NC(=O)Cc2csc(-n3cccc3)n2)cc1F. The quantitative estimate of drug-likeness (QED) is 0.800. The van der Waals surface area contributed by atoms with Gasteiger partial charge in [0.25, 0.3) is 0 Å². The Morgan fingerprint density at radius 2 is 2.14 bits per heavy atom. The predicted octanol–water partition coefficient (Wildman–Crippen LogP) is 3.56. The number of aromatic nitrogens is 2. The van der Waals surface area contributed by atoms with Crippen LogP contribution in [0.2, 0.25) is 0 Å². The molecule has 22 heavy (non-hydrogen) atoms. The summed E-state index contributed by atoms with van der Waals surface area (Å²) in [5, 5.41) is 5.35. The van der Waals surface area contributed by atoms with E-state index in [-0.39, 0.29) is 18.1 Å². The fourth-order valence-corrected chi connectivity index (χ4v) is 2.79. The van der Waals surface area contributed by atoms with Crippen LogP contribution in [0.3, 0.4) is 0 Å². The van der Waals surface area contributed by atoms with Gasteiger partial charge >= 0.3 is 0 Å². The van der Waals surface area contributed by atoms with Gasteiger partial charge in [-0.1, -0.05) is 6.07 Å². The zero-order chi connectivity index (χ0) is 15.5. The second kappa shape index (κ2) is 6.11. The summed E-state index contributed by atoms with van der Waals surface area (Å²) in [4.78, 5) is 16.4. The summed E-state index contributed by atoms with van der Waals surface area (Å²) in [6.45, 7) is 1.68. The lowest BCUT2D eigenvalue weighted by atomic mass is 10.2. The molecule has 1 amide bonds. The van der Waals surface area contributed by atoms with E-state index in [1.165, 1.54) is 17.4 Å². The van der Waals surface area contributed by atoms with Gasteiger partial charge in [0.1, 0.15) is 5.82 Å². The molecule has 112 valence electrons. The van der Waals surface area contributed by atoms with Crippen LogP contribution in [0.15, 0.2) is 48.1 Å². The van der Waals surface area contributed by atoms with Crippen molar-refractivity contribution < 1.29 is 9.18 Å². The molecule has 0 saturated carbocycles. The summed E-state index contributed by atoms with van der Waals surface area (Å²) in [5.74, 6) is -0.547. The van der Waals surface area contributed by atoms with E-state index in [9.17, 15) is 9.18 Å². The van der Waals surface area contributed by atoms with Crippen LogP contribution in [0.1, 0.15) is 11.3 Å². The van der Waals surface area contributed by atoms with E-state index < -0.39 is 0 Å². The summed E-state index contributed by atoms with van der Waals surface area (Å²) >= 11 is 1.47. The van der Waals surface area contributed by atoms with Gasteiger partial charge < -0.3 is 9.88 Å². The molecule has 0 saturated heterocycles. The summed E-state index contributed by atoms with van der Waals surface area (Å²) in [6.07, 6.45) is 3.96. The maximum absolute atomic E-state index is 13.5. The topological polar surface area (TPSA) is 46.9 Å². The molecule has 2 aromatic heterocycles. The molecule has 4 nitrogen and oxygen atoms in total. The number of hydrogen-bond acceptors (Lipinski definition) is 3. The lowest BCUT2D eigenvalue weighted by Gasteiger charge is -2.05. The molecule has 0 aliphatic rings. The van der Waals surface area contributed by atoms with Crippen molar-refractivity contribution >= 4 is 22.9 Å². The molecular weight excluding hydrogens is 301 g/mol. The number of anilines is 1. The number of nitrogens with zero attached hydrogens (tertiary/aromatic N) is 2. The van der Waals surface area contributed by atoms with Crippen LogP contribution in [0.5, 0.6) is 0 Å². The lowest BCUT2D eigenvalue weighted by Crippen LogP contribution is -2.14. The summed E-state index contributed by atoms with van der Waals surface area (Å²) in [6, 6.07) is 8.47. The van der Waals surface area contributed by atoms with Crippen molar-refractivity contribution in [3.05, 3.63) is 65.2 Å². The molecule has 0 spiro atoms. The minimum absolute atomic E-state index is 0.160. The molecule has 0 atom stereocenters. The highest BCUT2D eigenvalue weighted by atomic mass is 32.1. The Morgan fingerprint density at radius 1 is 1.36 bits per heavy atom. The molecule has 1 aromatic carbocycles. The van der Waals surface area contributed by atoms with E-state index in [1.54, 1.807) is 19.1 Å². The summed E-state index contributed by atoms with van der Waals surface area (Å²) < 4.78 is 15.3. The lowest BCUT2D eigenvalue weighted by molar-refractivity contribution is -0.115. The Bertz CT molecular complexity index is 796. The third-order valence-electron chi connectivity index (χ3n) is 3.16. The van der Waals surface area contributed by atoms with Crippen LogP contribution < -0.4 is 5.32 Å².